The van der Waals surface area contributed by atoms with Crippen LogP contribution in [0.1, 0.15) is 0 Å². The van der Waals surface area contributed by atoms with E-state index in [1.54, 1.807) is 0 Å². The van der Waals surface area contributed by atoms with Crippen molar-refractivity contribution in [2.75, 3.05) is 0 Å². The molecule has 28 heavy (non-hydrogen) atoms. The first-order chi connectivity index (χ1) is 13.9. The first-order valence-corrected chi connectivity index (χ1v) is 9.57. The molecule has 0 spiro atoms. The maximum absolute atomic E-state index is 5.85. The highest BCUT2D eigenvalue weighted by Crippen LogP contribution is 2.35. The van der Waals surface area contributed by atoms with Crippen LogP contribution in [-0.4, -0.2) is 20.2 Å². The quantitative estimate of drug-likeness (QED) is 0.409. The van der Waals surface area contributed by atoms with Crippen molar-refractivity contribution in [2.24, 2.45) is 0 Å². The third kappa shape index (κ3) is 3.25. The van der Waals surface area contributed by atoms with Gasteiger partial charge in [-0.3, -0.25) is 0 Å². The average molecular weight is 382 g/mol. The number of aromatic nitrogens is 4. The number of benzene rings is 3. The van der Waals surface area contributed by atoms with Crippen molar-refractivity contribution in [3.63, 3.8) is 0 Å². The van der Waals surface area contributed by atoms with E-state index < -0.39 is 0 Å². The van der Waals surface area contributed by atoms with E-state index in [0.29, 0.717) is 11.1 Å². The van der Waals surface area contributed by atoms with E-state index in [-0.39, 0.29) is 0 Å². The SMILES string of the molecule is c1ccc(-c2nnc(Sc3nc4ccccc4nc3-c3ccccc3)o2)cc1. The van der Waals surface area contributed by atoms with Crippen molar-refractivity contribution in [3.05, 3.63) is 84.9 Å². The molecule has 0 amide bonds. The van der Waals surface area contributed by atoms with E-state index in [4.69, 9.17) is 14.4 Å². The standard InChI is InChI=1S/C22H14N4OS/c1-3-9-15(10-4-1)19-21(24-18-14-8-7-13-17(18)23-19)28-22-26-25-20(27-22)16-11-5-2-6-12-16/h1-14H. The summed E-state index contributed by atoms with van der Waals surface area (Å²) in [7, 11) is 0. The lowest BCUT2D eigenvalue weighted by Crippen LogP contribution is -1.93. The average Bonchev–Trinajstić information content (AvgIpc) is 3.23. The van der Waals surface area contributed by atoms with Gasteiger partial charge in [0.25, 0.3) is 5.22 Å². The van der Waals surface area contributed by atoms with E-state index in [0.717, 1.165) is 32.9 Å². The fraction of sp³-hybridized carbons (Fsp3) is 0. The van der Waals surface area contributed by atoms with Crippen molar-refractivity contribution in [1.29, 1.82) is 0 Å². The van der Waals surface area contributed by atoms with Gasteiger partial charge in [0.2, 0.25) is 5.89 Å². The smallest absolute Gasteiger partial charge is 0.283 e. The number of nitrogens with zero attached hydrogens (tertiary/aromatic N) is 4. The van der Waals surface area contributed by atoms with E-state index >= 15 is 0 Å². The molecule has 0 aliphatic carbocycles. The number of hydrogen-bond acceptors (Lipinski definition) is 6. The molecule has 0 saturated heterocycles. The van der Waals surface area contributed by atoms with Crippen LogP contribution in [0.15, 0.2) is 99.6 Å². The minimum absolute atomic E-state index is 0.431. The Hall–Kier alpha value is -3.51. The first-order valence-electron chi connectivity index (χ1n) is 8.76. The maximum Gasteiger partial charge on any atom is 0.283 e. The molecular formula is C22H14N4OS. The van der Waals surface area contributed by atoms with Crippen LogP contribution in [0.25, 0.3) is 33.7 Å². The van der Waals surface area contributed by atoms with Gasteiger partial charge in [-0.25, -0.2) is 9.97 Å². The summed E-state index contributed by atoms with van der Waals surface area (Å²) in [6.45, 7) is 0. The van der Waals surface area contributed by atoms with Crippen molar-refractivity contribution in [3.8, 4) is 22.7 Å². The monoisotopic (exact) mass is 382 g/mol. The lowest BCUT2D eigenvalue weighted by atomic mass is 10.1. The van der Waals surface area contributed by atoms with Gasteiger partial charge in [-0.2, -0.15) is 0 Å². The van der Waals surface area contributed by atoms with Crippen molar-refractivity contribution in [1.82, 2.24) is 20.2 Å². The minimum atomic E-state index is 0.431. The maximum atomic E-state index is 5.85. The van der Waals surface area contributed by atoms with Gasteiger partial charge >= 0.3 is 0 Å². The Kier molecular flexibility index (Phi) is 4.31. The van der Waals surface area contributed by atoms with Gasteiger partial charge in [-0.15, -0.1) is 10.2 Å². The van der Waals surface area contributed by atoms with Crippen LogP contribution in [0.3, 0.4) is 0 Å². The number of fused-ring (bicyclic) bond motifs is 1. The summed E-state index contributed by atoms with van der Waals surface area (Å²) in [5.74, 6) is 0.484. The molecular weight excluding hydrogens is 368 g/mol. The molecule has 0 atom stereocenters. The molecule has 5 rings (SSSR count). The summed E-state index contributed by atoms with van der Waals surface area (Å²) in [6, 6.07) is 27.5. The van der Waals surface area contributed by atoms with Gasteiger partial charge in [0.1, 0.15) is 10.7 Å². The van der Waals surface area contributed by atoms with E-state index in [1.165, 1.54) is 11.8 Å². The van der Waals surface area contributed by atoms with Crippen molar-refractivity contribution >= 4 is 22.8 Å². The van der Waals surface area contributed by atoms with Crippen LogP contribution in [0.2, 0.25) is 0 Å². The van der Waals surface area contributed by atoms with Crippen LogP contribution in [0, 0.1) is 0 Å². The Bertz CT molecular complexity index is 1240. The molecule has 0 fully saturated rings. The summed E-state index contributed by atoms with van der Waals surface area (Å²) in [5, 5.41) is 9.50. The van der Waals surface area contributed by atoms with Gasteiger partial charge in [0, 0.05) is 11.1 Å². The second kappa shape index (κ2) is 7.25. The Morgan fingerprint density at radius 1 is 0.607 bits per heavy atom. The highest BCUT2D eigenvalue weighted by Gasteiger charge is 2.16. The Labute approximate surface area is 165 Å². The molecule has 6 heteroatoms. The largest absolute Gasteiger partial charge is 0.411 e. The minimum Gasteiger partial charge on any atom is -0.411 e. The van der Waals surface area contributed by atoms with Gasteiger partial charge in [-0.05, 0) is 36.0 Å². The normalized spacial score (nSPS) is 11.0. The summed E-state index contributed by atoms with van der Waals surface area (Å²) in [4.78, 5) is 9.63. The summed E-state index contributed by atoms with van der Waals surface area (Å²) in [6.07, 6.45) is 0. The predicted molar refractivity (Wildman–Crippen MR) is 109 cm³/mol. The summed E-state index contributed by atoms with van der Waals surface area (Å²) in [5.41, 5.74) is 4.35. The highest BCUT2D eigenvalue weighted by molar-refractivity contribution is 7.99. The molecule has 0 aliphatic heterocycles. The fourth-order valence-corrected chi connectivity index (χ4v) is 3.64. The van der Waals surface area contributed by atoms with Crippen molar-refractivity contribution < 1.29 is 4.42 Å². The molecule has 2 aromatic heterocycles. The predicted octanol–water partition coefficient (Wildman–Crippen LogP) is 5.50. The second-order valence-corrected chi connectivity index (χ2v) is 7.01. The second-order valence-electron chi connectivity index (χ2n) is 6.07. The third-order valence-electron chi connectivity index (χ3n) is 4.20. The molecule has 0 bridgehead atoms. The number of para-hydroxylation sites is 2. The highest BCUT2D eigenvalue weighted by atomic mass is 32.2. The van der Waals surface area contributed by atoms with Crippen LogP contribution in [0.4, 0.5) is 0 Å². The molecule has 5 nitrogen and oxygen atoms in total. The topological polar surface area (TPSA) is 64.7 Å². The Balaban J connectivity index is 1.57. The molecule has 134 valence electrons. The zero-order valence-electron chi connectivity index (χ0n) is 14.7. The molecule has 0 aliphatic rings. The van der Waals surface area contributed by atoms with Crippen LogP contribution in [0.5, 0.6) is 0 Å². The van der Waals surface area contributed by atoms with Crippen LogP contribution in [-0.2, 0) is 0 Å². The van der Waals surface area contributed by atoms with Crippen molar-refractivity contribution in [2.45, 2.75) is 10.2 Å². The lowest BCUT2D eigenvalue weighted by molar-refractivity contribution is 0.465. The van der Waals surface area contributed by atoms with Gasteiger partial charge in [-0.1, -0.05) is 60.7 Å². The van der Waals surface area contributed by atoms with Crippen LogP contribution < -0.4 is 0 Å². The first kappa shape index (κ1) is 16.6. The Morgan fingerprint density at radius 3 is 1.93 bits per heavy atom. The zero-order valence-corrected chi connectivity index (χ0v) is 15.5. The molecule has 3 aromatic carbocycles. The van der Waals surface area contributed by atoms with E-state index in [9.17, 15) is 0 Å². The number of rotatable bonds is 4. The molecule has 0 unspecified atom stereocenters. The van der Waals surface area contributed by atoms with Gasteiger partial charge in [0.15, 0.2) is 0 Å². The zero-order chi connectivity index (χ0) is 18.8. The Morgan fingerprint density at radius 2 is 1.21 bits per heavy atom. The molecule has 2 heterocycles. The summed E-state index contributed by atoms with van der Waals surface area (Å²) < 4.78 is 5.85. The van der Waals surface area contributed by atoms with Crippen LogP contribution >= 0.6 is 11.8 Å². The molecule has 0 N–H and O–H groups in total. The third-order valence-corrected chi connectivity index (χ3v) is 5.01. The molecule has 0 saturated carbocycles. The van der Waals surface area contributed by atoms with E-state index in [2.05, 4.69) is 10.2 Å². The fourth-order valence-electron chi connectivity index (χ4n) is 2.87. The van der Waals surface area contributed by atoms with Gasteiger partial charge < -0.3 is 4.42 Å². The molecule has 0 radical (unpaired) electrons. The number of hydrogen-bond donors (Lipinski definition) is 0. The molecule has 5 aromatic rings. The summed E-state index contributed by atoms with van der Waals surface area (Å²) >= 11 is 1.33. The van der Waals surface area contributed by atoms with Gasteiger partial charge in [0.05, 0.1) is 11.0 Å². The van der Waals surface area contributed by atoms with E-state index in [1.807, 2.05) is 84.9 Å². The lowest BCUT2D eigenvalue weighted by Gasteiger charge is -2.08.